The van der Waals surface area contributed by atoms with Crippen LogP contribution in [0.25, 0.3) is 0 Å². The topological polar surface area (TPSA) is 58.4 Å². The Labute approximate surface area is 118 Å². The minimum absolute atomic E-state index is 0.384. The summed E-state index contributed by atoms with van der Waals surface area (Å²) in [6.07, 6.45) is 2.44. The van der Waals surface area contributed by atoms with Crippen LogP contribution in [0.5, 0.6) is 0 Å². The monoisotopic (exact) mass is 281 g/mol. The summed E-state index contributed by atoms with van der Waals surface area (Å²) in [4.78, 5) is 13.5. The molecule has 1 saturated heterocycles. The van der Waals surface area contributed by atoms with E-state index in [1.165, 1.54) is 12.8 Å². The van der Waals surface area contributed by atoms with Crippen molar-refractivity contribution in [3.8, 4) is 0 Å². The van der Waals surface area contributed by atoms with E-state index >= 15 is 0 Å². The summed E-state index contributed by atoms with van der Waals surface area (Å²) >= 11 is 6.10. The zero-order valence-corrected chi connectivity index (χ0v) is 11.9. The van der Waals surface area contributed by atoms with Crippen molar-refractivity contribution < 1.29 is 4.79 Å². The lowest BCUT2D eigenvalue weighted by molar-refractivity contribution is 0.100. The normalized spacial score (nSPS) is 19.5. The summed E-state index contributed by atoms with van der Waals surface area (Å²) in [6.45, 7) is 3.09. The summed E-state index contributed by atoms with van der Waals surface area (Å²) < 4.78 is 0. The molecule has 0 bridgehead atoms. The first-order chi connectivity index (χ1) is 9.11. The van der Waals surface area contributed by atoms with E-state index < -0.39 is 5.91 Å². The third kappa shape index (κ3) is 3.39. The van der Waals surface area contributed by atoms with E-state index in [4.69, 9.17) is 17.3 Å². The van der Waals surface area contributed by atoms with Gasteiger partial charge in [0.05, 0.1) is 10.6 Å². The molecule has 1 aromatic carbocycles. The second kappa shape index (κ2) is 6.26. The average Bonchev–Trinajstić information content (AvgIpc) is 2.39. The van der Waals surface area contributed by atoms with Crippen molar-refractivity contribution in [1.82, 2.24) is 5.32 Å². The number of halogens is 1. The van der Waals surface area contributed by atoms with Crippen LogP contribution >= 0.6 is 11.6 Å². The number of nitrogens with one attached hydrogen (secondary N) is 1. The molecule has 0 spiro atoms. The molecule has 0 radical (unpaired) electrons. The Morgan fingerprint density at radius 1 is 1.58 bits per heavy atom. The summed E-state index contributed by atoms with van der Waals surface area (Å²) in [6, 6.07) is 5.47. The lowest BCUT2D eigenvalue weighted by Crippen LogP contribution is -2.39. The van der Waals surface area contributed by atoms with Crippen LogP contribution in [-0.2, 0) is 0 Å². The van der Waals surface area contributed by atoms with Gasteiger partial charge in [-0.3, -0.25) is 4.79 Å². The SMILES string of the molecule is CNCC1CCCN(c2ccc(C(N)=O)c(Cl)c2)C1. The number of rotatable bonds is 4. The van der Waals surface area contributed by atoms with E-state index in [0.717, 1.165) is 25.3 Å². The Morgan fingerprint density at radius 3 is 3.00 bits per heavy atom. The Balaban J connectivity index is 2.13. The highest BCUT2D eigenvalue weighted by Crippen LogP contribution is 2.27. The number of primary amides is 1. The van der Waals surface area contributed by atoms with E-state index in [0.29, 0.717) is 16.5 Å². The Kier molecular flexibility index (Phi) is 4.66. The van der Waals surface area contributed by atoms with E-state index in [1.807, 2.05) is 19.2 Å². The number of carbonyl (C=O) groups is 1. The highest BCUT2D eigenvalue weighted by molar-refractivity contribution is 6.34. The second-order valence-electron chi connectivity index (χ2n) is 5.04. The molecule has 1 aliphatic heterocycles. The van der Waals surface area contributed by atoms with Crippen LogP contribution in [0.3, 0.4) is 0 Å². The van der Waals surface area contributed by atoms with Crippen molar-refractivity contribution in [3.05, 3.63) is 28.8 Å². The Bertz CT molecular complexity index is 462. The van der Waals surface area contributed by atoms with Crippen molar-refractivity contribution in [2.75, 3.05) is 31.6 Å². The fourth-order valence-corrected chi connectivity index (χ4v) is 2.92. The molecule has 0 saturated carbocycles. The van der Waals surface area contributed by atoms with Gasteiger partial charge in [-0.1, -0.05) is 11.6 Å². The smallest absolute Gasteiger partial charge is 0.250 e. The number of nitrogens with two attached hydrogens (primary N) is 1. The summed E-state index contributed by atoms with van der Waals surface area (Å²) in [5.74, 6) is 0.177. The van der Waals surface area contributed by atoms with Gasteiger partial charge in [0.25, 0.3) is 0 Å². The quantitative estimate of drug-likeness (QED) is 0.886. The Hall–Kier alpha value is -1.26. The van der Waals surface area contributed by atoms with Crippen LogP contribution in [0.4, 0.5) is 5.69 Å². The molecule has 2 rings (SSSR count). The molecule has 19 heavy (non-hydrogen) atoms. The van der Waals surface area contributed by atoms with Crippen molar-refractivity contribution in [2.24, 2.45) is 11.7 Å². The van der Waals surface area contributed by atoms with Gasteiger partial charge in [-0.25, -0.2) is 0 Å². The molecule has 0 aromatic heterocycles. The molecule has 1 aliphatic rings. The van der Waals surface area contributed by atoms with E-state index in [2.05, 4.69) is 10.2 Å². The third-order valence-corrected chi connectivity index (χ3v) is 3.91. The van der Waals surface area contributed by atoms with Crippen LogP contribution < -0.4 is 16.0 Å². The van der Waals surface area contributed by atoms with Gasteiger partial charge < -0.3 is 16.0 Å². The number of hydrogen-bond acceptors (Lipinski definition) is 3. The minimum Gasteiger partial charge on any atom is -0.371 e. The maximum Gasteiger partial charge on any atom is 0.250 e. The first-order valence-electron chi connectivity index (χ1n) is 6.60. The van der Waals surface area contributed by atoms with Gasteiger partial charge in [0, 0.05) is 18.8 Å². The molecule has 1 aromatic rings. The van der Waals surface area contributed by atoms with Crippen LogP contribution in [0.15, 0.2) is 18.2 Å². The first kappa shape index (κ1) is 14.2. The predicted octanol–water partition coefficient (Wildman–Crippen LogP) is 1.87. The predicted molar refractivity (Wildman–Crippen MR) is 78.8 cm³/mol. The average molecular weight is 282 g/mol. The molecule has 0 aliphatic carbocycles. The Morgan fingerprint density at radius 2 is 2.37 bits per heavy atom. The molecular weight excluding hydrogens is 262 g/mol. The number of amides is 1. The molecule has 1 fully saturated rings. The summed E-state index contributed by atoms with van der Waals surface area (Å²) in [5, 5.41) is 3.66. The van der Waals surface area contributed by atoms with Gasteiger partial charge >= 0.3 is 0 Å². The highest BCUT2D eigenvalue weighted by atomic mass is 35.5. The maximum absolute atomic E-state index is 11.2. The molecule has 3 N–H and O–H groups in total. The van der Waals surface area contributed by atoms with Gasteiger partial charge in [0.2, 0.25) is 5.91 Å². The number of nitrogens with zero attached hydrogens (tertiary/aromatic N) is 1. The van der Waals surface area contributed by atoms with E-state index in [-0.39, 0.29) is 0 Å². The number of hydrogen-bond donors (Lipinski definition) is 2. The van der Waals surface area contributed by atoms with Gasteiger partial charge in [-0.05, 0) is 50.6 Å². The number of carbonyl (C=O) groups excluding carboxylic acids is 1. The van der Waals surface area contributed by atoms with Crippen molar-refractivity contribution >= 4 is 23.2 Å². The van der Waals surface area contributed by atoms with Gasteiger partial charge in [0.15, 0.2) is 0 Å². The summed E-state index contributed by atoms with van der Waals surface area (Å²) in [5.41, 5.74) is 6.71. The molecule has 1 atom stereocenters. The van der Waals surface area contributed by atoms with E-state index in [1.54, 1.807) is 6.07 Å². The molecule has 4 nitrogen and oxygen atoms in total. The fraction of sp³-hybridized carbons (Fsp3) is 0.500. The van der Waals surface area contributed by atoms with Crippen molar-refractivity contribution in [1.29, 1.82) is 0 Å². The van der Waals surface area contributed by atoms with Crippen molar-refractivity contribution in [2.45, 2.75) is 12.8 Å². The van der Waals surface area contributed by atoms with Crippen LogP contribution in [0.1, 0.15) is 23.2 Å². The molecule has 5 heteroatoms. The number of benzene rings is 1. The molecule has 1 amide bonds. The van der Waals surface area contributed by atoms with Gasteiger partial charge in [-0.2, -0.15) is 0 Å². The van der Waals surface area contributed by atoms with Crippen molar-refractivity contribution in [3.63, 3.8) is 0 Å². The second-order valence-corrected chi connectivity index (χ2v) is 5.45. The van der Waals surface area contributed by atoms with Crippen LogP contribution in [0, 0.1) is 5.92 Å². The van der Waals surface area contributed by atoms with E-state index in [9.17, 15) is 4.79 Å². The lowest BCUT2D eigenvalue weighted by Gasteiger charge is -2.34. The standard InChI is InChI=1S/C14H20ClN3O/c1-17-8-10-3-2-6-18(9-10)11-4-5-12(14(16)19)13(15)7-11/h4-5,7,10,17H,2-3,6,8-9H2,1H3,(H2,16,19). The fourth-order valence-electron chi connectivity index (χ4n) is 2.66. The molecular formula is C14H20ClN3O. The molecule has 1 heterocycles. The zero-order valence-electron chi connectivity index (χ0n) is 11.2. The van der Waals surface area contributed by atoms with Crippen LogP contribution in [0.2, 0.25) is 5.02 Å². The first-order valence-corrected chi connectivity index (χ1v) is 6.98. The largest absolute Gasteiger partial charge is 0.371 e. The minimum atomic E-state index is -0.483. The van der Waals surface area contributed by atoms with Gasteiger partial charge in [-0.15, -0.1) is 0 Å². The third-order valence-electron chi connectivity index (χ3n) is 3.60. The summed E-state index contributed by atoms with van der Waals surface area (Å²) in [7, 11) is 1.98. The maximum atomic E-state index is 11.2. The number of anilines is 1. The lowest BCUT2D eigenvalue weighted by atomic mass is 9.97. The molecule has 104 valence electrons. The molecule has 1 unspecified atom stereocenters. The van der Waals surface area contributed by atoms with Gasteiger partial charge in [0.1, 0.15) is 0 Å². The van der Waals surface area contributed by atoms with Crippen LogP contribution in [-0.4, -0.2) is 32.6 Å². The zero-order chi connectivity index (χ0) is 13.8. The number of piperidine rings is 1. The highest BCUT2D eigenvalue weighted by Gasteiger charge is 2.20.